The van der Waals surface area contributed by atoms with E-state index in [4.69, 9.17) is 5.73 Å². The average molecular weight is 281 g/mol. The van der Waals surface area contributed by atoms with Gasteiger partial charge in [0.05, 0.1) is 12.7 Å². The lowest BCUT2D eigenvalue weighted by Crippen LogP contribution is -2.04. The average Bonchev–Trinajstić information content (AvgIpc) is 2.17. The van der Waals surface area contributed by atoms with Gasteiger partial charge in [0.15, 0.2) is 0 Å². The highest BCUT2D eigenvalue weighted by Gasteiger charge is 2.07. The lowest BCUT2D eigenvalue weighted by molar-refractivity contribution is 0.0600. The fraction of sp³-hybridized carbons (Fsp3) is 0.222. The zero-order chi connectivity index (χ0) is 9.84. The van der Waals surface area contributed by atoms with Crippen LogP contribution in [0.4, 0.5) is 0 Å². The molecular formula is C9H11BrClNO2. The van der Waals surface area contributed by atoms with Crippen LogP contribution in [0.5, 0.6) is 0 Å². The van der Waals surface area contributed by atoms with E-state index in [1.54, 1.807) is 18.2 Å². The van der Waals surface area contributed by atoms with Crippen molar-refractivity contribution in [2.24, 2.45) is 5.73 Å². The Hall–Kier alpha value is -0.580. The summed E-state index contributed by atoms with van der Waals surface area (Å²) < 4.78 is 5.49. The van der Waals surface area contributed by atoms with E-state index in [1.165, 1.54) is 7.11 Å². The number of nitrogens with two attached hydrogens (primary N) is 1. The first kappa shape index (κ1) is 13.4. The Kier molecular flexibility index (Phi) is 5.76. The summed E-state index contributed by atoms with van der Waals surface area (Å²) in [5, 5.41) is 0. The molecule has 3 nitrogen and oxygen atoms in total. The molecular weight excluding hydrogens is 269 g/mol. The molecule has 0 unspecified atom stereocenters. The van der Waals surface area contributed by atoms with E-state index in [0.29, 0.717) is 12.1 Å². The SMILES string of the molecule is COC(=O)c1ccc(Br)c(CN)c1.Cl. The van der Waals surface area contributed by atoms with Crippen molar-refractivity contribution in [1.82, 2.24) is 0 Å². The molecule has 2 N–H and O–H groups in total. The molecule has 0 aliphatic heterocycles. The second-order valence-corrected chi connectivity index (χ2v) is 3.36. The summed E-state index contributed by atoms with van der Waals surface area (Å²) in [6.07, 6.45) is 0. The van der Waals surface area contributed by atoms with Gasteiger partial charge >= 0.3 is 5.97 Å². The standard InChI is InChI=1S/C9H10BrNO2.ClH/c1-13-9(12)6-2-3-8(10)7(4-6)5-11;/h2-4H,5,11H2,1H3;1H. The number of halogens is 2. The van der Waals surface area contributed by atoms with Crippen molar-refractivity contribution in [2.45, 2.75) is 6.54 Å². The predicted molar refractivity (Wildman–Crippen MR) is 60.6 cm³/mol. The van der Waals surface area contributed by atoms with Crippen LogP contribution >= 0.6 is 28.3 Å². The van der Waals surface area contributed by atoms with Crippen molar-refractivity contribution in [3.05, 3.63) is 33.8 Å². The fourth-order valence-corrected chi connectivity index (χ4v) is 1.38. The smallest absolute Gasteiger partial charge is 0.337 e. The predicted octanol–water partition coefficient (Wildman–Crippen LogP) is 2.12. The molecule has 0 aromatic heterocycles. The van der Waals surface area contributed by atoms with Gasteiger partial charge < -0.3 is 10.5 Å². The highest BCUT2D eigenvalue weighted by Crippen LogP contribution is 2.18. The van der Waals surface area contributed by atoms with Gasteiger partial charge in [-0.15, -0.1) is 12.4 Å². The first-order chi connectivity index (χ1) is 6.19. The van der Waals surface area contributed by atoms with Gasteiger partial charge in [-0.2, -0.15) is 0 Å². The summed E-state index contributed by atoms with van der Waals surface area (Å²) in [5.41, 5.74) is 6.89. The Morgan fingerprint density at radius 1 is 1.57 bits per heavy atom. The van der Waals surface area contributed by atoms with Crippen LogP contribution in [0.25, 0.3) is 0 Å². The van der Waals surface area contributed by atoms with Gasteiger partial charge in [-0.05, 0) is 23.8 Å². The lowest BCUT2D eigenvalue weighted by Gasteiger charge is -2.03. The van der Waals surface area contributed by atoms with Gasteiger partial charge in [0.2, 0.25) is 0 Å². The van der Waals surface area contributed by atoms with Gasteiger partial charge in [-0.3, -0.25) is 0 Å². The minimum Gasteiger partial charge on any atom is -0.465 e. The number of carbonyl (C=O) groups is 1. The summed E-state index contributed by atoms with van der Waals surface area (Å²) >= 11 is 3.33. The minimum atomic E-state index is -0.345. The number of hydrogen-bond acceptors (Lipinski definition) is 3. The Balaban J connectivity index is 0.00000169. The number of ether oxygens (including phenoxy) is 1. The third-order valence-electron chi connectivity index (χ3n) is 1.69. The van der Waals surface area contributed by atoms with E-state index in [9.17, 15) is 4.79 Å². The molecule has 0 atom stereocenters. The second kappa shape index (κ2) is 6.01. The molecule has 14 heavy (non-hydrogen) atoms. The Bertz CT molecular complexity index is 331. The van der Waals surface area contributed by atoms with Gasteiger partial charge in [-0.1, -0.05) is 15.9 Å². The van der Waals surface area contributed by atoms with Crippen LogP contribution in [-0.4, -0.2) is 13.1 Å². The van der Waals surface area contributed by atoms with Gasteiger partial charge in [-0.25, -0.2) is 4.79 Å². The third-order valence-corrected chi connectivity index (χ3v) is 2.46. The van der Waals surface area contributed by atoms with Crippen LogP contribution in [0, 0.1) is 0 Å². The maximum Gasteiger partial charge on any atom is 0.337 e. The van der Waals surface area contributed by atoms with Crippen molar-refractivity contribution in [2.75, 3.05) is 7.11 Å². The molecule has 0 amide bonds. The molecule has 0 bridgehead atoms. The topological polar surface area (TPSA) is 52.3 Å². The largest absolute Gasteiger partial charge is 0.465 e. The summed E-state index contributed by atoms with van der Waals surface area (Å²) in [5.74, 6) is -0.345. The Morgan fingerprint density at radius 3 is 2.71 bits per heavy atom. The van der Waals surface area contributed by atoms with Crippen LogP contribution < -0.4 is 5.73 Å². The molecule has 0 heterocycles. The van der Waals surface area contributed by atoms with E-state index < -0.39 is 0 Å². The first-order valence-corrected chi connectivity index (χ1v) is 4.55. The molecule has 1 aromatic rings. The fourth-order valence-electron chi connectivity index (χ4n) is 0.976. The molecule has 0 aliphatic carbocycles. The third kappa shape index (κ3) is 2.97. The Labute approximate surface area is 97.2 Å². The normalized spacial score (nSPS) is 9.07. The highest BCUT2D eigenvalue weighted by atomic mass is 79.9. The summed E-state index contributed by atoms with van der Waals surface area (Å²) in [6, 6.07) is 5.19. The van der Waals surface area contributed by atoms with Gasteiger partial charge in [0.25, 0.3) is 0 Å². The maximum atomic E-state index is 11.1. The minimum absolute atomic E-state index is 0. The highest BCUT2D eigenvalue weighted by molar-refractivity contribution is 9.10. The molecule has 0 fully saturated rings. The second-order valence-electron chi connectivity index (χ2n) is 2.50. The van der Waals surface area contributed by atoms with Crippen LogP contribution in [-0.2, 0) is 11.3 Å². The van der Waals surface area contributed by atoms with Crippen LogP contribution in [0.15, 0.2) is 22.7 Å². The molecule has 0 saturated carbocycles. The number of methoxy groups -OCH3 is 1. The number of rotatable bonds is 2. The van der Waals surface area contributed by atoms with Crippen molar-refractivity contribution in [3.63, 3.8) is 0 Å². The van der Waals surface area contributed by atoms with Crippen LogP contribution in [0.1, 0.15) is 15.9 Å². The zero-order valence-electron chi connectivity index (χ0n) is 7.62. The van der Waals surface area contributed by atoms with E-state index >= 15 is 0 Å². The molecule has 78 valence electrons. The van der Waals surface area contributed by atoms with Crippen molar-refractivity contribution in [3.8, 4) is 0 Å². The van der Waals surface area contributed by atoms with Crippen LogP contribution in [0.2, 0.25) is 0 Å². The van der Waals surface area contributed by atoms with E-state index in [2.05, 4.69) is 20.7 Å². The number of carbonyl (C=O) groups excluding carboxylic acids is 1. The summed E-state index contributed by atoms with van der Waals surface area (Å²) in [6.45, 7) is 0.394. The quantitative estimate of drug-likeness (QED) is 0.844. The van der Waals surface area contributed by atoms with Gasteiger partial charge in [0.1, 0.15) is 0 Å². The lowest BCUT2D eigenvalue weighted by atomic mass is 10.1. The van der Waals surface area contributed by atoms with E-state index in [1.807, 2.05) is 0 Å². The van der Waals surface area contributed by atoms with Crippen molar-refractivity contribution >= 4 is 34.3 Å². The number of benzene rings is 1. The monoisotopic (exact) mass is 279 g/mol. The molecule has 0 radical (unpaired) electrons. The molecule has 0 saturated heterocycles. The molecule has 1 aromatic carbocycles. The zero-order valence-corrected chi connectivity index (χ0v) is 10.0. The molecule has 0 aliphatic rings. The molecule has 0 spiro atoms. The van der Waals surface area contributed by atoms with Gasteiger partial charge in [0, 0.05) is 11.0 Å². The maximum absolute atomic E-state index is 11.1. The van der Waals surface area contributed by atoms with Crippen molar-refractivity contribution < 1.29 is 9.53 Å². The molecule has 1 rings (SSSR count). The Morgan fingerprint density at radius 2 is 2.21 bits per heavy atom. The number of esters is 1. The number of hydrogen-bond donors (Lipinski definition) is 1. The van der Waals surface area contributed by atoms with Crippen LogP contribution in [0.3, 0.4) is 0 Å². The first-order valence-electron chi connectivity index (χ1n) is 3.76. The summed E-state index contributed by atoms with van der Waals surface area (Å²) in [7, 11) is 1.35. The van der Waals surface area contributed by atoms with Crippen molar-refractivity contribution in [1.29, 1.82) is 0 Å². The van der Waals surface area contributed by atoms with E-state index in [0.717, 1.165) is 10.0 Å². The molecule has 5 heteroatoms. The summed E-state index contributed by atoms with van der Waals surface area (Å²) in [4.78, 5) is 11.1. The van der Waals surface area contributed by atoms with E-state index in [-0.39, 0.29) is 18.4 Å².